The van der Waals surface area contributed by atoms with Gasteiger partial charge in [0, 0.05) is 17.4 Å². The minimum atomic E-state index is -0.0588. The Hall–Kier alpha value is -3.08. The van der Waals surface area contributed by atoms with E-state index >= 15 is 0 Å². The highest BCUT2D eigenvalue weighted by molar-refractivity contribution is 6.17. The molecular weight excluding hydrogens is 320 g/mol. The molecule has 0 saturated heterocycles. The number of carbonyl (C=O) groups is 2. The summed E-state index contributed by atoms with van der Waals surface area (Å²) in [5, 5.41) is 0.780. The second-order valence-corrected chi connectivity index (χ2v) is 5.17. The third-order valence-corrected chi connectivity index (χ3v) is 3.87. The Kier molecular flexibility index (Phi) is 5.95. The fourth-order valence-corrected chi connectivity index (χ4v) is 2.64. The lowest BCUT2D eigenvalue weighted by Crippen LogP contribution is -2.03. The molecule has 0 fully saturated rings. The molecule has 0 N–H and O–H groups in total. The number of furan rings is 1. The van der Waals surface area contributed by atoms with Crippen LogP contribution >= 0.6 is 0 Å². The number of benzene rings is 2. The van der Waals surface area contributed by atoms with Gasteiger partial charge in [0.1, 0.15) is 29.6 Å². The maximum absolute atomic E-state index is 13.0. The molecule has 0 saturated carbocycles. The van der Waals surface area contributed by atoms with Crippen molar-refractivity contribution in [2.75, 3.05) is 14.2 Å². The Balaban J connectivity index is 0.00000109. The molecule has 1 heterocycles. The van der Waals surface area contributed by atoms with Crippen molar-refractivity contribution in [3.63, 3.8) is 0 Å². The van der Waals surface area contributed by atoms with E-state index < -0.39 is 0 Å². The molecule has 25 heavy (non-hydrogen) atoms. The van der Waals surface area contributed by atoms with E-state index in [9.17, 15) is 4.79 Å². The van der Waals surface area contributed by atoms with Gasteiger partial charge < -0.3 is 18.7 Å². The van der Waals surface area contributed by atoms with E-state index in [1.54, 1.807) is 38.5 Å². The minimum absolute atomic E-state index is 0.0588. The molecule has 0 atom stereocenters. The smallest absolute Gasteiger partial charge is 0.197 e. The van der Waals surface area contributed by atoms with Gasteiger partial charge in [-0.05, 0) is 42.5 Å². The number of hydrogen-bond acceptors (Lipinski definition) is 5. The summed E-state index contributed by atoms with van der Waals surface area (Å²) >= 11 is 0. The molecule has 5 heteroatoms. The molecule has 0 spiro atoms. The van der Waals surface area contributed by atoms with Crippen LogP contribution in [0.4, 0.5) is 0 Å². The van der Waals surface area contributed by atoms with Crippen LogP contribution in [0.2, 0.25) is 0 Å². The predicted octanol–water partition coefficient (Wildman–Crippen LogP) is 4.06. The Morgan fingerprint density at radius 2 is 1.60 bits per heavy atom. The van der Waals surface area contributed by atoms with Crippen molar-refractivity contribution in [3.05, 3.63) is 59.4 Å². The number of ether oxygens (including phenoxy) is 2. The van der Waals surface area contributed by atoms with Crippen LogP contribution in [-0.2, 0) is 11.2 Å². The molecule has 0 aliphatic rings. The number of ketones is 1. The van der Waals surface area contributed by atoms with Crippen LogP contribution in [0, 0.1) is 0 Å². The zero-order valence-corrected chi connectivity index (χ0v) is 14.5. The summed E-state index contributed by atoms with van der Waals surface area (Å²) in [6.45, 7) is 3.97. The zero-order chi connectivity index (χ0) is 18.4. The molecule has 3 rings (SSSR count). The van der Waals surface area contributed by atoms with Crippen molar-refractivity contribution in [3.8, 4) is 11.5 Å². The van der Waals surface area contributed by atoms with Gasteiger partial charge in [-0.1, -0.05) is 6.92 Å². The summed E-state index contributed by atoms with van der Waals surface area (Å²) in [6, 6.07) is 12.6. The molecule has 3 aromatic rings. The van der Waals surface area contributed by atoms with Crippen LogP contribution in [0.1, 0.15) is 28.6 Å². The van der Waals surface area contributed by atoms with E-state index in [4.69, 9.17) is 18.7 Å². The molecule has 0 amide bonds. The van der Waals surface area contributed by atoms with Crippen LogP contribution in [0.15, 0.2) is 46.9 Å². The summed E-state index contributed by atoms with van der Waals surface area (Å²) in [6.07, 6.45) is 0.647. The van der Waals surface area contributed by atoms with Gasteiger partial charge in [-0.2, -0.15) is 0 Å². The quantitative estimate of drug-likeness (QED) is 0.655. The van der Waals surface area contributed by atoms with Gasteiger partial charge in [-0.15, -0.1) is 0 Å². The van der Waals surface area contributed by atoms with Crippen molar-refractivity contribution < 1.29 is 23.5 Å². The molecule has 0 bridgehead atoms. The maximum Gasteiger partial charge on any atom is 0.197 e. The van der Waals surface area contributed by atoms with Gasteiger partial charge in [-0.25, -0.2) is 0 Å². The first kappa shape index (κ1) is 18.3. The van der Waals surface area contributed by atoms with Crippen LogP contribution in [0.5, 0.6) is 11.5 Å². The second-order valence-electron chi connectivity index (χ2n) is 5.17. The molecule has 1 aromatic heterocycles. The lowest BCUT2D eigenvalue weighted by Gasteiger charge is -2.04. The topological polar surface area (TPSA) is 65.7 Å². The highest BCUT2D eigenvalue weighted by Crippen LogP contribution is 2.31. The number of carbonyl (C=O) groups excluding carboxylic acids is 2. The van der Waals surface area contributed by atoms with E-state index in [0.29, 0.717) is 34.6 Å². The first-order chi connectivity index (χ1) is 12.2. The monoisotopic (exact) mass is 340 g/mol. The molecule has 0 aliphatic carbocycles. The van der Waals surface area contributed by atoms with Crippen LogP contribution < -0.4 is 9.47 Å². The van der Waals surface area contributed by atoms with Crippen molar-refractivity contribution >= 4 is 23.5 Å². The van der Waals surface area contributed by atoms with Gasteiger partial charge in [0.25, 0.3) is 0 Å². The number of rotatable bonds is 5. The number of fused-ring (bicyclic) bond motifs is 1. The molecule has 2 aromatic carbocycles. The van der Waals surface area contributed by atoms with Crippen LogP contribution in [0.25, 0.3) is 11.0 Å². The van der Waals surface area contributed by atoms with E-state index in [0.717, 1.165) is 11.1 Å². The van der Waals surface area contributed by atoms with E-state index in [-0.39, 0.29) is 5.78 Å². The van der Waals surface area contributed by atoms with Crippen LogP contribution in [-0.4, -0.2) is 26.8 Å². The average molecular weight is 340 g/mol. The van der Waals surface area contributed by atoms with Crippen molar-refractivity contribution in [2.24, 2.45) is 0 Å². The van der Waals surface area contributed by atoms with Crippen molar-refractivity contribution in [1.29, 1.82) is 0 Å². The summed E-state index contributed by atoms with van der Waals surface area (Å²) in [5.41, 5.74) is 1.90. The van der Waals surface area contributed by atoms with Gasteiger partial charge in [0.2, 0.25) is 0 Å². The minimum Gasteiger partial charge on any atom is -0.497 e. The first-order valence-corrected chi connectivity index (χ1v) is 7.75. The van der Waals surface area contributed by atoms with Crippen molar-refractivity contribution in [1.82, 2.24) is 0 Å². The van der Waals surface area contributed by atoms with E-state index in [1.807, 2.05) is 31.9 Å². The Morgan fingerprint density at radius 1 is 1.00 bits per heavy atom. The lowest BCUT2D eigenvalue weighted by molar-refractivity contribution is -0.0980. The molecule has 0 unspecified atom stereocenters. The van der Waals surface area contributed by atoms with E-state index in [2.05, 4.69) is 0 Å². The summed E-state index contributed by atoms with van der Waals surface area (Å²) < 4.78 is 16.2. The number of hydrogen-bond donors (Lipinski definition) is 0. The normalized spacial score (nSPS) is 10.0. The van der Waals surface area contributed by atoms with Gasteiger partial charge in [0.15, 0.2) is 5.78 Å². The molecule has 130 valence electrons. The highest BCUT2D eigenvalue weighted by atomic mass is 16.5. The molecule has 0 aliphatic heterocycles. The van der Waals surface area contributed by atoms with E-state index in [1.165, 1.54) is 0 Å². The highest BCUT2D eigenvalue weighted by Gasteiger charge is 2.21. The first-order valence-electron chi connectivity index (χ1n) is 7.75. The fourth-order valence-electron chi connectivity index (χ4n) is 2.64. The maximum atomic E-state index is 13.0. The summed E-state index contributed by atoms with van der Waals surface area (Å²) in [5.74, 6) is 2.05. The molecule has 5 nitrogen and oxygen atoms in total. The lowest BCUT2D eigenvalue weighted by atomic mass is 9.99. The standard InChI is InChI=1S/C19H18O4.CH2O/c1-4-16-18(15-11-14(22-3)9-10-17(15)23-16)19(20)12-5-7-13(21-2)8-6-12;1-2/h5-11H,4H2,1-3H3;1H2. The second kappa shape index (κ2) is 8.15. The Bertz CT molecular complexity index is 862. The Morgan fingerprint density at radius 3 is 2.16 bits per heavy atom. The SMILES string of the molecule is C=O.CCc1oc2ccc(OC)cc2c1C(=O)c1ccc(OC)cc1. The Labute approximate surface area is 146 Å². The van der Waals surface area contributed by atoms with Crippen LogP contribution in [0.3, 0.4) is 0 Å². The van der Waals surface area contributed by atoms with Gasteiger partial charge >= 0.3 is 0 Å². The number of aryl methyl sites for hydroxylation is 1. The van der Waals surface area contributed by atoms with Gasteiger partial charge in [0.05, 0.1) is 19.8 Å². The third kappa shape index (κ3) is 3.55. The number of methoxy groups -OCH3 is 2. The fraction of sp³-hybridized carbons (Fsp3) is 0.200. The zero-order valence-electron chi connectivity index (χ0n) is 14.5. The van der Waals surface area contributed by atoms with Crippen molar-refractivity contribution in [2.45, 2.75) is 13.3 Å². The average Bonchev–Trinajstić information content (AvgIpc) is 3.06. The predicted molar refractivity (Wildman–Crippen MR) is 95.7 cm³/mol. The largest absolute Gasteiger partial charge is 0.497 e. The third-order valence-electron chi connectivity index (χ3n) is 3.87. The summed E-state index contributed by atoms with van der Waals surface area (Å²) in [4.78, 5) is 21.0. The van der Waals surface area contributed by atoms with Gasteiger partial charge in [-0.3, -0.25) is 4.79 Å². The summed E-state index contributed by atoms with van der Waals surface area (Å²) in [7, 11) is 3.20. The molecular formula is C20H20O5. The molecule has 0 radical (unpaired) electrons.